The summed E-state index contributed by atoms with van der Waals surface area (Å²) in [5, 5.41) is 21.3. The van der Waals surface area contributed by atoms with Crippen molar-refractivity contribution >= 4 is 5.97 Å². The molecule has 3 rings (SSSR count). The maximum Gasteiger partial charge on any atom is 0.310 e. The van der Waals surface area contributed by atoms with E-state index in [1.807, 2.05) is 30.3 Å². The Morgan fingerprint density at radius 3 is 2.60 bits per heavy atom. The third kappa shape index (κ3) is 2.17. The van der Waals surface area contributed by atoms with E-state index < -0.39 is 11.4 Å². The molecule has 6 heteroatoms. The first-order chi connectivity index (χ1) is 9.71. The highest BCUT2D eigenvalue weighted by molar-refractivity contribution is 5.75. The molecule has 1 heterocycles. The van der Waals surface area contributed by atoms with Gasteiger partial charge in [0, 0.05) is 6.42 Å². The van der Waals surface area contributed by atoms with E-state index in [0.717, 1.165) is 18.5 Å². The highest BCUT2D eigenvalue weighted by Gasteiger charge is 2.42. The van der Waals surface area contributed by atoms with Gasteiger partial charge in [-0.15, -0.1) is 5.10 Å². The second kappa shape index (κ2) is 5.03. The minimum absolute atomic E-state index is 0.379. The fourth-order valence-electron chi connectivity index (χ4n) is 2.91. The first kappa shape index (κ1) is 12.8. The third-order valence-electron chi connectivity index (χ3n) is 4.05. The summed E-state index contributed by atoms with van der Waals surface area (Å²) >= 11 is 0. The molecule has 1 aromatic heterocycles. The van der Waals surface area contributed by atoms with Crippen LogP contribution in [0.25, 0.3) is 5.69 Å². The maximum atomic E-state index is 11.6. The number of aromatic nitrogens is 4. The van der Waals surface area contributed by atoms with Gasteiger partial charge in [0.25, 0.3) is 0 Å². The second-order valence-electron chi connectivity index (χ2n) is 5.31. The quantitative estimate of drug-likeness (QED) is 0.918. The molecular weight excluding hydrogens is 256 g/mol. The molecule has 6 nitrogen and oxygen atoms in total. The summed E-state index contributed by atoms with van der Waals surface area (Å²) in [6.07, 6.45) is 3.69. The molecule has 1 aliphatic rings. The number of benzene rings is 1. The van der Waals surface area contributed by atoms with Crippen molar-refractivity contribution in [1.29, 1.82) is 0 Å². The predicted molar refractivity (Wildman–Crippen MR) is 71.4 cm³/mol. The van der Waals surface area contributed by atoms with E-state index in [2.05, 4.69) is 15.5 Å². The van der Waals surface area contributed by atoms with Crippen LogP contribution < -0.4 is 0 Å². The van der Waals surface area contributed by atoms with Crippen molar-refractivity contribution in [2.24, 2.45) is 5.41 Å². The van der Waals surface area contributed by atoms with Gasteiger partial charge < -0.3 is 5.11 Å². The molecule has 2 aromatic rings. The van der Waals surface area contributed by atoms with Crippen LogP contribution in [0.4, 0.5) is 0 Å². The molecule has 1 N–H and O–H groups in total. The van der Waals surface area contributed by atoms with E-state index in [4.69, 9.17) is 0 Å². The zero-order valence-electron chi connectivity index (χ0n) is 11.1. The molecule has 0 unspecified atom stereocenters. The standard InChI is InChI=1S/C14H16N4O2/c19-13(20)14(8-4-5-9-14)10-12-15-16-17-18(12)11-6-2-1-3-7-11/h1-3,6-7H,4-5,8-10H2,(H,19,20). The molecule has 1 fully saturated rings. The number of para-hydroxylation sites is 1. The van der Waals surface area contributed by atoms with Crippen LogP contribution in [0.1, 0.15) is 31.5 Å². The fraction of sp³-hybridized carbons (Fsp3) is 0.429. The molecule has 0 aliphatic heterocycles. The summed E-state index contributed by atoms with van der Waals surface area (Å²) < 4.78 is 1.63. The average molecular weight is 272 g/mol. The van der Waals surface area contributed by atoms with Crippen molar-refractivity contribution in [3.05, 3.63) is 36.2 Å². The number of aliphatic carboxylic acids is 1. The Morgan fingerprint density at radius 1 is 1.25 bits per heavy atom. The summed E-state index contributed by atoms with van der Waals surface area (Å²) in [6, 6.07) is 9.54. The lowest BCUT2D eigenvalue weighted by Crippen LogP contribution is -2.31. The normalized spacial score (nSPS) is 17.2. The molecule has 0 radical (unpaired) electrons. The number of carbonyl (C=O) groups is 1. The van der Waals surface area contributed by atoms with E-state index in [9.17, 15) is 9.90 Å². The van der Waals surface area contributed by atoms with Crippen molar-refractivity contribution < 1.29 is 9.90 Å². The minimum atomic E-state index is -0.738. The average Bonchev–Trinajstić information content (AvgIpc) is 3.10. The molecule has 0 amide bonds. The zero-order valence-corrected chi connectivity index (χ0v) is 11.1. The van der Waals surface area contributed by atoms with Gasteiger partial charge in [-0.2, -0.15) is 4.68 Å². The molecule has 0 bridgehead atoms. The number of hydrogen-bond acceptors (Lipinski definition) is 4. The third-order valence-corrected chi connectivity index (χ3v) is 4.05. The van der Waals surface area contributed by atoms with E-state index in [-0.39, 0.29) is 0 Å². The van der Waals surface area contributed by atoms with Crippen molar-refractivity contribution in [3.63, 3.8) is 0 Å². The van der Waals surface area contributed by atoms with E-state index in [1.165, 1.54) is 0 Å². The van der Waals surface area contributed by atoms with Crippen LogP contribution in [-0.4, -0.2) is 31.3 Å². The van der Waals surface area contributed by atoms with E-state index >= 15 is 0 Å². The van der Waals surface area contributed by atoms with Gasteiger partial charge in [-0.05, 0) is 35.4 Å². The lowest BCUT2D eigenvalue weighted by molar-refractivity contribution is -0.148. The van der Waals surface area contributed by atoms with Crippen molar-refractivity contribution in [2.75, 3.05) is 0 Å². The van der Waals surface area contributed by atoms with Crippen LogP contribution >= 0.6 is 0 Å². The van der Waals surface area contributed by atoms with Gasteiger partial charge in [0.1, 0.15) is 0 Å². The molecule has 104 valence electrons. The van der Waals surface area contributed by atoms with Crippen molar-refractivity contribution in [1.82, 2.24) is 20.2 Å². The second-order valence-corrected chi connectivity index (χ2v) is 5.31. The molecule has 1 aliphatic carbocycles. The van der Waals surface area contributed by atoms with Gasteiger partial charge in [-0.25, -0.2) is 0 Å². The number of nitrogens with zero attached hydrogens (tertiary/aromatic N) is 4. The summed E-state index contributed by atoms with van der Waals surface area (Å²) in [4.78, 5) is 11.6. The number of carboxylic acid groups (broad SMARTS) is 1. The smallest absolute Gasteiger partial charge is 0.310 e. The summed E-state index contributed by atoms with van der Waals surface area (Å²) in [6.45, 7) is 0. The Morgan fingerprint density at radius 2 is 1.95 bits per heavy atom. The van der Waals surface area contributed by atoms with E-state index in [1.54, 1.807) is 4.68 Å². The highest BCUT2D eigenvalue weighted by Crippen LogP contribution is 2.41. The Hall–Kier alpha value is -2.24. The van der Waals surface area contributed by atoms with Crippen LogP contribution in [0.5, 0.6) is 0 Å². The summed E-state index contributed by atoms with van der Waals surface area (Å²) in [7, 11) is 0. The molecule has 0 atom stereocenters. The fourth-order valence-corrected chi connectivity index (χ4v) is 2.91. The van der Waals surface area contributed by atoms with E-state index in [0.29, 0.717) is 25.1 Å². The first-order valence-electron chi connectivity index (χ1n) is 6.77. The van der Waals surface area contributed by atoms with Gasteiger partial charge >= 0.3 is 5.97 Å². The van der Waals surface area contributed by atoms with Gasteiger partial charge in [0.2, 0.25) is 0 Å². The van der Waals surface area contributed by atoms with Crippen LogP contribution in [0.15, 0.2) is 30.3 Å². The Labute approximate surface area is 116 Å². The topological polar surface area (TPSA) is 80.9 Å². The molecule has 0 spiro atoms. The Balaban J connectivity index is 1.93. The Kier molecular flexibility index (Phi) is 3.22. The SMILES string of the molecule is O=C(O)C1(Cc2nnnn2-c2ccccc2)CCCC1. The number of tetrazole rings is 1. The van der Waals surface area contributed by atoms with Crippen LogP contribution in [-0.2, 0) is 11.2 Å². The van der Waals surface area contributed by atoms with Crippen molar-refractivity contribution in [2.45, 2.75) is 32.1 Å². The zero-order chi connectivity index (χ0) is 14.0. The molecule has 0 saturated heterocycles. The predicted octanol–water partition coefficient (Wildman–Crippen LogP) is 1.85. The first-order valence-corrected chi connectivity index (χ1v) is 6.77. The summed E-state index contributed by atoms with van der Waals surface area (Å²) in [5.74, 6) is -0.127. The van der Waals surface area contributed by atoms with Gasteiger partial charge in [0.15, 0.2) is 5.82 Å². The van der Waals surface area contributed by atoms with Crippen LogP contribution in [0.3, 0.4) is 0 Å². The van der Waals surface area contributed by atoms with Gasteiger partial charge in [-0.3, -0.25) is 4.79 Å². The number of carboxylic acids is 1. The van der Waals surface area contributed by atoms with Crippen molar-refractivity contribution in [3.8, 4) is 5.69 Å². The lowest BCUT2D eigenvalue weighted by Gasteiger charge is -2.22. The number of hydrogen-bond donors (Lipinski definition) is 1. The highest BCUT2D eigenvalue weighted by atomic mass is 16.4. The largest absolute Gasteiger partial charge is 0.481 e. The lowest BCUT2D eigenvalue weighted by atomic mass is 9.82. The summed E-state index contributed by atoms with van der Waals surface area (Å²) in [5.41, 5.74) is 0.146. The Bertz CT molecular complexity index is 603. The molecular formula is C14H16N4O2. The maximum absolute atomic E-state index is 11.6. The minimum Gasteiger partial charge on any atom is -0.481 e. The molecule has 20 heavy (non-hydrogen) atoms. The van der Waals surface area contributed by atoms with Crippen LogP contribution in [0.2, 0.25) is 0 Å². The van der Waals surface area contributed by atoms with Crippen LogP contribution in [0, 0.1) is 5.41 Å². The molecule has 1 saturated carbocycles. The number of rotatable bonds is 4. The van der Waals surface area contributed by atoms with Gasteiger partial charge in [0.05, 0.1) is 11.1 Å². The van der Waals surface area contributed by atoms with Gasteiger partial charge in [-0.1, -0.05) is 31.0 Å². The monoisotopic (exact) mass is 272 g/mol. The molecule has 1 aromatic carbocycles.